The van der Waals surface area contributed by atoms with Crippen molar-refractivity contribution in [3.63, 3.8) is 0 Å². The number of ether oxygens (including phenoxy) is 2. The van der Waals surface area contributed by atoms with Crippen LogP contribution in [0.15, 0.2) is 81.0 Å². The highest BCUT2D eigenvalue weighted by molar-refractivity contribution is 8.17. The lowest BCUT2D eigenvalue weighted by Crippen LogP contribution is -2.38. The number of carbonyl (C=O) groups is 1. The number of allylic oxidation sites excluding steroid dienone is 3. The quantitative estimate of drug-likeness (QED) is 0.410. The summed E-state index contributed by atoms with van der Waals surface area (Å²) in [6, 6.07) is 13.9. The second kappa shape index (κ2) is 9.99. The summed E-state index contributed by atoms with van der Waals surface area (Å²) in [6.07, 6.45) is 0. The third-order valence-corrected chi connectivity index (χ3v) is 8.21. The number of hydrogen-bond donors (Lipinski definition) is 1. The Morgan fingerprint density at radius 3 is 2.54 bits per heavy atom. The molecule has 2 aromatic carbocycles. The molecule has 0 saturated carbocycles. The van der Waals surface area contributed by atoms with E-state index >= 15 is 0 Å². The Balaban J connectivity index is 1.70. The van der Waals surface area contributed by atoms with Gasteiger partial charge in [0, 0.05) is 5.02 Å². The molecule has 5 rings (SSSR count). The molecule has 0 bridgehead atoms. The minimum Gasteiger partial charge on any atom is -0.463 e. The van der Waals surface area contributed by atoms with Crippen molar-refractivity contribution in [3.05, 3.63) is 102 Å². The summed E-state index contributed by atoms with van der Waals surface area (Å²) < 4.78 is 11.5. The highest BCUT2D eigenvalue weighted by Gasteiger charge is 2.49. The summed E-state index contributed by atoms with van der Waals surface area (Å²) in [4.78, 5) is 20.4. The van der Waals surface area contributed by atoms with Crippen LogP contribution in [0, 0.1) is 11.3 Å². The molecule has 0 aromatic heterocycles. The first-order valence-electron chi connectivity index (χ1n) is 11.2. The number of aliphatic imine (C=N–C) groups is 1. The minimum atomic E-state index is -0.630. The maximum absolute atomic E-state index is 13.2. The number of thioether (sulfide) groups is 1. The molecule has 0 spiro atoms. The third kappa shape index (κ3) is 4.36. The van der Waals surface area contributed by atoms with Gasteiger partial charge in [-0.1, -0.05) is 53.0 Å². The first kappa shape index (κ1) is 25.6. The van der Waals surface area contributed by atoms with Gasteiger partial charge < -0.3 is 15.2 Å². The number of amidine groups is 1. The van der Waals surface area contributed by atoms with Crippen LogP contribution in [-0.4, -0.2) is 22.6 Å². The number of esters is 1. The van der Waals surface area contributed by atoms with E-state index in [9.17, 15) is 10.1 Å². The average molecular weight is 574 g/mol. The monoisotopic (exact) mass is 572 g/mol. The lowest BCUT2D eigenvalue weighted by atomic mass is 9.89. The number of rotatable bonds is 4. The molecule has 2 atom stereocenters. The van der Waals surface area contributed by atoms with E-state index in [0.29, 0.717) is 42.3 Å². The number of nitrogens with zero attached hydrogens (tertiary/aromatic N) is 3. The smallest absolute Gasteiger partial charge is 0.338 e. The maximum atomic E-state index is 13.2. The second-order valence-corrected chi connectivity index (χ2v) is 10.6. The van der Waals surface area contributed by atoms with Gasteiger partial charge in [0.25, 0.3) is 0 Å². The summed E-state index contributed by atoms with van der Waals surface area (Å²) >= 11 is 20.0. The molecule has 0 radical (unpaired) electrons. The van der Waals surface area contributed by atoms with E-state index in [-0.39, 0.29) is 18.1 Å². The van der Waals surface area contributed by atoms with Crippen LogP contribution in [0.3, 0.4) is 0 Å². The van der Waals surface area contributed by atoms with E-state index in [1.165, 1.54) is 11.8 Å². The molecule has 2 aromatic rings. The third-order valence-electron chi connectivity index (χ3n) is 6.12. The van der Waals surface area contributed by atoms with Gasteiger partial charge in [-0.05, 0) is 61.0 Å². The van der Waals surface area contributed by atoms with Crippen molar-refractivity contribution < 1.29 is 14.3 Å². The van der Waals surface area contributed by atoms with E-state index in [4.69, 9.17) is 55.0 Å². The fourth-order valence-corrected chi connectivity index (χ4v) is 6.20. The highest BCUT2D eigenvalue weighted by Crippen LogP contribution is 2.55. The van der Waals surface area contributed by atoms with Crippen molar-refractivity contribution in [2.45, 2.75) is 25.8 Å². The zero-order valence-electron chi connectivity index (χ0n) is 19.6. The zero-order chi connectivity index (χ0) is 26.4. The first-order chi connectivity index (χ1) is 17.7. The molecule has 188 valence electrons. The highest BCUT2D eigenvalue weighted by atomic mass is 35.5. The zero-order valence-corrected chi connectivity index (χ0v) is 22.7. The Morgan fingerprint density at radius 2 is 1.89 bits per heavy atom. The van der Waals surface area contributed by atoms with Crippen LogP contribution < -0.4 is 5.73 Å². The van der Waals surface area contributed by atoms with Crippen molar-refractivity contribution in [2.75, 3.05) is 6.61 Å². The summed E-state index contributed by atoms with van der Waals surface area (Å²) in [7, 11) is 0. The van der Waals surface area contributed by atoms with Crippen LogP contribution in [0.1, 0.15) is 36.9 Å². The van der Waals surface area contributed by atoms with E-state index in [1.54, 1.807) is 44.2 Å². The SMILES string of the molecule is CCOC(=O)C1=C(C)N=C2SC3=C(OC(N)=C(C#N)C3c3ccc(Cl)c(Cl)c3)N2C1c1ccc(Cl)cc1. The lowest BCUT2D eigenvalue weighted by molar-refractivity contribution is -0.139. The molecule has 0 fully saturated rings. The first-order valence-corrected chi connectivity index (χ1v) is 13.2. The van der Waals surface area contributed by atoms with Gasteiger partial charge in [0.1, 0.15) is 11.6 Å². The largest absolute Gasteiger partial charge is 0.463 e. The molecular formula is C26H19Cl3N4O3S. The van der Waals surface area contributed by atoms with Crippen molar-refractivity contribution in [2.24, 2.45) is 10.7 Å². The average Bonchev–Trinajstić information content (AvgIpc) is 3.21. The predicted molar refractivity (Wildman–Crippen MR) is 145 cm³/mol. The van der Waals surface area contributed by atoms with Crippen molar-refractivity contribution >= 4 is 57.7 Å². The molecule has 3 aliphatic rings. The molecule has 0 aliphatic carbocycles. The van der Waals surface area contributed by atoms with Gasteiger partial charge in [-0.25, -0.2) is 9.79 Å². The number of halogens is 3. The molecule has 2 N–H and O–H groups in total. The van der Waals surface area contributed by atoms with Gasteiger partial charge >= 0.3 is 5.97 Å². The lowest BCUT2D eigenvalue weighted by Gasteiger charge is -2.36. The van der Waals surface area contributed by atoms with E-state index in [0.717, 1.165) is 11.1 Å². The summed E-state index contributed by atoms with van der Waals surface area (Å²) in [5, 5.41) is 11.9. The van der Waals surface area contributed by atoms with Gasteiger partial charge in [-0.15, -0.1) is 0 Å². The molecule has 3 heterocycles. The van der Waals surface area contributed by atoms with Crippen LogP contribution in [0.2, 0.25) is 15.1 Å². The summed E-state index contributed by atoms with van der Waals surface area (Å²) in [6.45, 7) is 3.72. The van der Waals surface area contributed by atoms with Crippen LogP contribution >= 0.6 is 46.6 Å². The van der Waals surface area contributed by atoms with Gasteiger partial charge in [0.05, 0.1) is 44.8 Å². The van der Waals surface area contributed by atoms with Crippen molar-refractivity contribution in [3.8, 4) is 6.07 Å². The molecule has 7 nitrogen and oxygen atoms in total. The Morgan fingerprint density at radius 1 is 1.19 bits per heavy atom. The molecule has 2 unspecified atom stereocenters. The topological polar surface area (TPSA) is 101 Å². The Hall–Kier alpha value is -3.09. The molecule has 0 saturated heterocycles. The fourth-order valence-electron chi connectivity index (χ4n) is 4.50. The van der Waals surface area contributed by atoms with Crippen molar-refractivity contribution in [1.29, 1.82) is 5.26 Å². The number of benzene rings is 2. The summed E-state index contributed by atoms with van der Waals surface area (Å²) in [5.74, 6) is -0.720. The van der Waals surface area contributed by atoms with E-state index < -0.39 is 17.9 Å². The molecule has 11 heteroatoms. The van der Waals surface area contributed by atoms with Gasteiger partial charge in [0.15, 0.2) is 5.17 Å². The van der Waals surface area contributed by atoms with Crippen LogP contribution in [0.25, 0.3) is 0 Å². The number of carbonyl (C=O) groups excluding carboxylic acids is 1. The Kier molecular flexibility index (Phi) is 6.90. The van der Waals surface area contributed by atoms with Crippen LogP contribution in [0.4, 0.5) is 0 Å². The standard InChI is InChI=1S/C26H19Cl3N4O3S/c1-3-35-25(34)19-12(2)32-26-33(21(19)13-4-7-15(27)8-5-13)24-22(37-26)20(16(11-30)23(31)36-24)14-6-9-17(28)18(29)10-14/h4-10,20-21H,3,31H2,1-2H3. The van der Waals surface area contributed by atoms with E-state index in [2.05, 4.69) is 6.07 Å². The second-order valence-electron chi connectivity index (χ2n) is 8.31. The Bertz CT molecular complexity index is 1490. The number of hydrogen-bond acceptors (Lipinski definition) is 8. The number of fused-ring (bicyclic) bond motifs is 2. The molecule has 0 amide bonds. The summed E-state index contributed by atoms with van der Waals surface area (Å²) in [5.41, 5.74) is 8.90. The molecular weight excluding hydrogens is 555 g/mol. The van der Waals surface area contributed by atoms with Crippen LogP contribution in [-0.2, 0) is 14.3 Å². The van der Waals surface area contributed by atoms with Gasteiger partial charge in [-0.3, -0.25) is 4.90 Å². The molecule has 37 heavy (non-hydrogen) atoms. The fraction of sp³-hybridized carbons (Fsp3) is 0.192. The molecule has 3 aliphatic heterocycles. The predicted octanol–water partition coefficient (Wildman–Crippen LogP) is 6.62. The minimum absolute atomic E-state index is 0.0435. The van der Waals surface area contributed by atoms with Gasteiger partial charge in [-0.2, -0.15) is 5.26 Å². The number of nitrogens with two attached hydrogens (primary N) is 1. The van der Waals surface area contributed by atoms with Crippen molar-refractivity contribution in [1.82, 2.24) is 4.90 Å². The number of nitriles is 1. The van der Waals surface area contributed by atoms with Crippen LogP contribution in [0.5, 0.6) is 0 Å². The Labute approximate surface area is 232 Å². The maximum Gasteiger partial charge on any atom is 0.338 e. The normalized spacial score (nSPS) is 20.8. The van der Waals surface area contributed by atoms with Gasteiger partial charge in [0.2, 0.25) is 11.8 Å². The van der Waals surface area contributed by atoms with E-state index in [1.807, 2.05) is 17.0 Å².